The second kappa shape index (κ2) is 7.87. The zero-order valence-corrected chi connectivity index (χ0v) is 16.0. The summed E-state index contributed by atoms with van der Waals surface area (Å²) in [5.74, 6) is 1.43. The van der Waals surface area contributed by atoms with Gasteiger partial charge in [-0.05, 0) is 71.9 Å². The van der Waals surface area contributed by atoms with E-state index in [0.717, 1.165) is 41.7 Å². The van der Waals surface area contributed by atoms with Gasteiger partial charge in [-0.2, -0.15) is 0 Å². The molecule has 1 aliphatic rings. The summed E-state index contributed by atoms with van der Waals surface area (Å²) < 4.78 is 6.22. The largest absolute Gasteiger partial charge is 0.497 e. The number of rotatable bonds is 4. The molecule has 2 aromatic rings. The van der Waals surface area contributed by atoms with E-state index in [2.05, 4.69) is 32.3 Å². The molecule has 2 amide bonds. The number of aryl methyl sites for hydroxylation is 1. The molecule has 0 aliphatic carbocycles. The van der Waals surface area contributed by atoms with Crippen molar-refractivity contribution in [3.63, 3.8) is 0 Å². The number of pyridine rings is 1. The van der Waals surface area contributed by atoms with Crippen LogP contribution in [0.5, 0.6) is 5.75 Å². The van der Waals surface area contributed by atoms with Crippen molar-refractivity contribution in [3.05, 3.63) is 52.1 Å². The molecule has 0 bridgehead atoms. The van der Waals surface area contributed by atoms with Crippen LogP contribution in [0.4, 0.5) is 10.6 Å². The molecule has 1 aromatic heterocycles. The second-order valence-electron chi connectivity index (χ2n) is 6.24. The maximum atomic E-state index is 12.7. The van der Waals surface area contributed by atoms with Crippen molar-refractivity contribution >= 4 is 27.8 Å². The average molecular weight is 404 g/mol. The molecule has 0 radical (unpaired) electrons. The average Bonchev–Trinajstić information content (AvgIpc) is 3.06. The maximum absolute atomic E-state index is 12.7. The van der Waals surface area contributed by atoms with Gasteiger partial charge in [-0.15, -0.1) is 0 Å². The molecular formula is C19H22BrN3O2. The Bertz CT molecular complexity index is 766. The van der Waals surface area contributed by atoms with Gasteiger partial charge in [-0.3, -0.25) is 5.32 Å². The van der Waals surface area contributed by atoms with Crippen molar-refractivity contribution < 1.29 is 9.53 Å². The zero-order valence-electron chi connectivity index (χ0n) is 14.5. The predicted octanol–water partition coefficient (Wildman–Crippen LogP) is 4.40. The number of halogens is 1. The van der Waals surface area contributed by atoms with Gasteiger partial charge in [0.05, 0.1) is 12.8 Å². The Morgan fingerprint density at radius 1 is 1.40 bits per heavy atom. The number of anilines is 1. The molecule has 3 rings (SSSR count). The standard InChI is InChI=1S/C19H22BrN3O2/c1-13-17(20)8-9-18(21-13)22-19(24)23-10-4-6-15(23)11-14-5-3-7-16(12-14)25-2/h3,5,7-9,12,15H,4,6,10-11H2,1-2H3,(H,21,22,24). The Morgan fingerprint density at radius 2 is 2.24 bits per heavy atom. The van der Waals surface area contributed by atoms with Gasteiger partial charge in [0.1, 0.15) is 11.6 Å². The summed E-state index contributed by atoms with van der Waals surface area (Å²) >= 11 is 3.42. The summed E-state index contributed by atoms with van der Waals surface area (Å²) in [7, 11) is 1.67. The van der Waals surface area contributed by atoms with Crippen molar-refractivity contribution in [3.8, 4) is 5.75 Å². The van der Waals surface area contributed by atoms with E-state index in [1.54, 1.807) is 7.11 Å². The molecule has 1 unspecified atom stereocenters. The van der Waals surface area contributed by atoms with E-state index in [1.807, 2.05) is 42.2 Å². The first-order chi connectivity index (χ1) is 12.1. The molecule has 0 saturated carbocycles. The van der Waals surface area contributed by atoms with Gasteiger partial charge >= 0.3 is 6.03 Å². The molecule has 132 valence electrons. The fraction of sp³-hybridized carbons (Fsp3) is 0.368. The first-order valence-corrected chi connectivity index (χ1v) is 9.20. The molecule has 6 heteroatoms. The van der Waals surface area contributed by atoms with Crippen molar-refractivity contribution in [1.29, 1.82) is 0 Å². The number of nitrogens with one attached hydrogen (secondary N) is 1. The van der Waals surface area contributed by atoms with E-state index in [-0.39, 0.29) is 12.1 Å². The van der Waals surface area contributed by atoms with E-state index in [4.69, 9.17) is 4.74 Å². The number of aromatic nitrogens is 1. The van der Waals surface area contributed by atoms with Crippen LogP contribution in [0, 0.1) is 6.92 Å². The van der Waals surface area contributed by atoms with Gasteiger partial charge < -0.3 is 9.64 Å². The number of hydrogen-bond donors (Lipinski definition) is 1. The number of hydrogen-bond acceptors (Lipinski definition) is 3. The molecule has 1 saturated heterocycles. The highest BCUT2D eigenvalue weighted by Gasteiger charge is 2.29. The Kier molecular flexibility index (Phi) is 5.58. The van der Waals surface area contributed by atoms with E-state index in [9.17, 15) is 4.79 Å². The van der Waals surface area contributed by atoms with Gasteiger partial charge in [-0.25, -0.2) is 9.78 Å². The number of amides is 2. The number of carbonyl (C=O) groups excluding carboxylic acids is 1. The molecule has 1 fully saturated rings. The van der Waals surface area contributed by atoms with Gasteiger partial charge in [0.25, 0.3) is 0 Å². The molecular weight excluding hydrogens is 382 g/mol. The lowest BCUT2D eigenvalue weighted by Crippen LogP contribution is -2.40. The number of nitrogens with zero attached hydrogens (tertiary/aromatic N) is 2. The number of benzene rings is 1. The van der Waals surface area contributed by atoms with Crippen LogP contribution in [-0.2, 0) is 6.42 Å². The van der Waals surface area contributed by atoms with Crippen LogP contribution >= 0.6 is 15.9 Å². The van der Waals surface area contributed by atoms with Crippen LogP contribution in [0.3, 0.4) is 0 Å². The minimum atomic E-state index is -0.0837. The number of likely N-dealkylation sites (tertiary alicyclic amines) is 1. The quantitative estimate of drug-likeness (QED) is 0.822. The minimum Gasteiger partial charge on any atom is -0.497 e. The lowest BCUT2D eigenvalue weighted by Gasteiger charge is -2.25. The Hall–Kier alpha value is -2.08. The summed E-state index contributed by atoms with van der Waals surface area (Å²) in [5.41, 5.74) is 2.04. The van der Waals surface area contributed by atoms with Crippen molar-refractivity contribution in [2.75, 3.05) is 19.0 Å². The van der Waals surface area contributed by atoms with Crippen LogP contribution in [0.15, 0.2) is 40.9 Å². The molecule has 5 nitrogen and oxygen atoms in total. The first kappa shape index (κ1) is 17.7. The molecule has 0 spiro atoms. The molecule has 1 aliphatic heterocycles. The van der Waals surface area contributed by atoms with Crippen LogP contribution in [0.2, 0.25) is 0 Å². The molecule has 1 N–H and O–H groups in total. The van der Waals surface area contributed by atoms with E-state index < -0.39 is 0 Å². The van der Waals surface area contributed by atoms with Crippen LogP contribution in [-0.4, -0.2) is 35.6 Å². The number of ether oxygens (including phenoxy) is 1. The van der Waals surface area contributed by atoms with Gasteiger partial charge in [-0.1, -0.05) is 12.1 Å². The smallest absolute Gasteiger partial charge is 0.323 e. The predicted molar refractivity (Wildman–Crippen MR) is 102 cm³/mol. The van der Waals surface area contributed by atoms with Crippen molar-refractivity contribution in [2.24, 2.45) is 0 Å². The van der Waals surface area contributed by atoms with Crippen LogP contribution in [0.25, 0.3) is 0 Å². The minimum absolute atomic E-state index is 0.0837. The lowest BCUT2D eigenvalue weighted by atomic mass is 10.0. The normalized spacial score (nSPS) is 16.8. The highest BCUT2D eigenvalue weighted by Crippen LogP contribution is 2.24. The van der Waals surface area contributed by atoms with Gasteiger partial charge in [0.2, 0.25) is 0 Å². The Morgan fingerprint density at radius 3 is 3.00 bits per heavy atom. The summed E-state index contributed by atoms with van der Waals surface area (Å²) in [6, 6.07) is 11.9. The number of carbonyl (C=O) groups is 1. The SMILES string of the molecule is COc1cccc(CC2CCCN2C(=O)Nc2ccc(Br)c(C)n2)c1. The van der Waals surface area contributed by atoms with Gasteiger partial charge in [0.15, 0.2) is 0 Å². The number of methoxy groups -OCH3 is 1. The fourth-order valence-electron chi connectivity index (χ4n) is 3.18. The molecule has 1 aromatic carbocycles. The number of urea groups is 1. The third-order valence-corrected chi connectivity index (χ3v) is 5.34. The Balaban J connectivity index is 1.67. The fourth-order valence-corrected chi connectivity index (χ4v) is 3.40. The topological polar surface area (TPSA) is 54.5 Å². The van der Waals surface area contributed by atoms with Crippen molar-refractivity contribution in [1.82, 2.24) is 9.88 Å². The lowest BCUT2D eigenvalue weighted by molar-refractivity contribution is 0.206. The van der Waals surface area contributed by atoms with Crippen LogP contribution < -0.4 is 10.1 Å². The third kappa shape index (κ3) is 4.31. The van der Waals surface area contributed by atoms with E-state index in [1.165, 1.54) is 5.56 Å². The third-order valence-electron chi connectivity index (χ3n) is 4.50. The molecule has 2 heterocycles. The van der Waals surface area contributed by atoms with Crippen LogP contribution in [0.1, 0.15) is 24.1 Å². The van der Waals surface area contributed by atoms with Gasteiger partial charge in [0, 0.05) is 17.1 Å². The highest BCUT2D eigenvalue weighted by molar-refractivity contribution is 9.10. The summed E-state index contributed by atoms with van der Waals surface area (Å²) in [5, 5.41) is 2.92. The summed E-state index contributed by atoms with van der Waals surface area (Å²) in [6.45, 7) is 2.68. The summed E-state index contributed by atoms with van der Waals surface area (Å²) in [4.78, 5) is 19.0. The molecule has 25 heavy (non-hydrogen) atoms. The van der Waals surface area contributed by atoms with E-state index in [0.29, 0.717) is 5.82 Å². The zero-order chi connectivity index (χ0) is 17.8. The molecule has 1 atom stereocenters. The maximum Gasteiger partial charge on any atom is 0.323 e. The van der Waals surface area contributed by atoms with Crippen molar-refractivity contribution in [2.45, 2.75) is 32.2 Å². The highest BCUT2D eigenvalue weighted by atomic mass is 79.9. The summed E-state index contributed by atoms with van der Waals surface area (Å²) in [6.07, 6.45) is 2.86. The monoisotopic (exact) mass is 403 g/mol. The first-order valence-electron chi connectivity index (χ1n) is 8.40. The Labute approximate surface area is 156 Å². The second-order valence-corrected chi connectivity index (χ2v) is 7.09. The van der Waals surface area contributed by atoms with E-state index >= 15 is 0 Å².